The van der Waals surface area contributed by atoms with Gasteiger partial charge in [0.15, 0.2) is 11.5 Å². The zero-order valence-electron chi connectivity index (χ0n) is 17.6. The maximum atomic E-state index is 12.9. The summed E-state index contributed by atoms with van der Waals surface area (Å²) in [6.45, 7) is 4.29. The maximum absolute atomic E-state index is 12.9. The number of aromatic hydroxyl groups is 1. The van der Waals surface area contributed by atoms with E-state index >= 15 is 0 Å². The van der Waals surface area contributed by atoms with Crippen molar-refractivity contribution in [3.8, 4) is 11.5 Å². The predicted octanol–water partition coefficient (Wildman–Crippen LogP) is 3.66. The average Bonchev–Trinajstić information content (AvgIpc) is 3.53. The number of carbonyl (C=O) groups excluding carboxylic acids is 2. The lowest BCUT2D eigenvalue weighted by atomic mass is 10.1. The molecule has 0 radical (unpaired) electrons. The summed E-state index contributed by atoms with van der Waals surface area (Å²) in [4.78, 5) is 26.6. The van der Waals surface area contributed by atoms with Crippen LogP contribution in [0.15, 0.2) is 42.5 Å². The van der Waals surface area contributed by atoms with Crippen LogP contribution in [-0.2, 0) is 17.8 Å². The molecule has 0 spiro atoms. The first-order valence-electron chi connectivity index (χ1n) is 10.2. The van der Waals surface area contributed by atoms with Crippen LogP contribution in [0.25, 0.3) is 0 Å². The number of carbonyl (C=O) groups is 2. The smallest absolute Gasteiger partial charge is 0.322 e. The first-order valence-corrected chi connectivity index (χ1v) is 10.2. The van der Waals surface area contributed by atoms with E-state index in [2.05, 4.69) is 10.6 Å². The molecule has 1 saturated carbocycles. The van der Waals surface area contributed by atoms with Crippen LogP contribution in [0.5, 0.6) is 11.5 Å². The molecule has 1 fully saturated rings. The third-order valence-electron chi connectivity index (χ3n) is 4.87. The van der Waals surface area contributed by atoms with Crippen LogP contribution in [0, 0.1) is 0 Å². The molecule has 2 aromatic carbocycles. The Hall–Kier alpha value is -3.22. The minimum atomic E-state index is -0.171. The maximum Gasteiger partial charge on any atom is 0.322 e. The topological polar surface area (TPSA) is 90.9 Å². The molecule has 30 heavy (non-hydrogen) atoms. The normalized spacial score (nSPS) is 13.1. The highest BCUT2D eigenvalue weighted by molar-refractivity contribution is 5.90. The van der Waals surface area contributed by atoms with Crippen LogP contribution >= 0.6 is 0 Å². The van der Waals surface area contributed by atoms with E-state index in [9.17, 15) is 14.7 Å². The molecule has 0 bridgehead atoms. The van der Waals surface area contributed by atoms with Gasteiger partial charge in [-0.2, -0.15) is 0 Å². The number of amides is 3. The van der Waals surface area contributed by atoms with E-state index in [-0.39, 0.29) is 29.8 Å². The van der Waals surface area contributed by atoms with Crippen molar-refractivity contribution in [3.05, 3.63) is 53.6 Å². The summed E-state index contributed by atoms with van der Waals surface area (Å²) in [6, 6.07) is 12.6. The Morgan fingerprint density at radius 1 is 1.13 bits per heavy atom. The Morgan fingerprint density at radius 2 is 1.80 bits per heavy atom. The number of nitrogens with one attached hydrogen (secondary N) is 2. The lowest BCUT2D eigenvalue weighted by Gasteiger charge is -2.23. The summed E-state index contributed by atoms with van der Waals surface area (Å²) in [6.07, 6.45) is 2.27. The van der Waals surface area contributed by atoms with Crippen molar-refractivity contribution >= 4 is 17.6 Å². The Balaban J connectivity index is 1.62. The van der Waals surface area contributed by atoms with Crippen molar-refractivity contribution in [1.82, 2.24) is 10.2 Å². The number of phenols is 1. The summed E-state index contributed by atoms with van der Waals surface area (Å²) in [5.41, 5.74) is 2.46. The van der Waals surface area contributed by atoms with E-state index in [1.807, 2.05) is 38.1 Å². The van der Waals surface area contributed by atoms with Crippen molar-refractivity contribution in [3.63, 3.8) is 0 Å². The molecule has 0 heterocycles. The molecule has 7 heteroatoms. The highest BCUT2D eigenvalue weighted by atomic mass is 16.5. The van der Waals surface area contributed by atoms with Crippen LogP contribution in [0.2, 0.25) is 0 Å². The molecule has 0 unspecified atom stereocenters. The van der Waals surface area contributed by atoms with Crippen molar-refractivity contribution in [2.24, 2.45) is 0 Å². The van der Waals surface area contributed by atoms with Gasteiger partial charge in [0.05, 0.1) is 13.5 Å². The number of nitrogens with zero attached hydrogens (tertiary/aromatic N) is 1. The summed E-state index contributed by atoms with van der Waals surface area (Å²) in [5, 5.41) is 15.6. The number of methoxy groups -OCH3 is 1. The molecule has 0 aromatic heterocycles. The first-order chi connectivity index (χ1) is 14.4. The summed E-state index contributed by atoms with van der Waals surface area (Å²) >= 11 is 0. The number of urea groups is 1. The van der Waals surface area contributed by atoms with Crippen molar-refractivity contribution in [1.29, 1.82) is 0 Å². The van der Waals surface area contributed by atoms with Gasteiger partial charge in [-0.1, -0.05) is 18.2 Å². The van der Waals surface area contributed by atoms with Gasteiger partial charge in [0.25, 0.3) is 0 Å². The molecule has 1 aliphatic carbocycles. The zero-order valence-corrected chi connectivity index (χ0v) is 17.6. The van der Waals surface area contributed by atoms with Crippen LogP contribution < -0.4 is 15.4 Å². The summed E-state index contributed by atoms with van der Waals surface area (Å²) in [5.74, 6) is 0.442. The van der Waals surface area contributed by atoms with E-state index in [1.165, 1.54) is 7.11 Å². The van der Waals surface area contributed by atoms with Gasteiger partial charge in [0.2, 0.25) is 5.91 Å². The summed E-state index contributed by atoms with van der Waals surface area (Å²) < 4.78 is 5.16. The second-order valence-corrected chi connectivity index (χ2v) is 7.89. The number of phenolic OH excluding ortho intramolecular Hbond substituents is 1. The molecular formula is C23H29N3O4. The fourth-order valence-corrected chi connectivity index (χ4v) is 3.23. The SMILES string of the molecule is COc1cc(CN(C(=O)Nc2ccc(CC(=O)NC(C)C)cc2)C2CC2)ccc1O. The number of anilines is 1. The van der Waals surface area contributed by atoms with E-state index in [4.69, 9.17) is 4.74 Å². The number of ether oxygens (including phenoxy) is 1. The largest absolute Gasteiger partial charge is 0.504 e. The molecule has 0 saturated heterocycles. The zero-order chi connectivity index (χ0) is 21.7. The molecule has 160 valence electrons. The predicted molar refractivity (Wildman–Crippen MR) is 116 cm³/mol. The van der Waals surface area contributed by atoms with Crippen molar-refractivity contribution < 1.29 is 19.4 Å². The monoisotopic (exact) mass is 411 g/mol. The van der Waals surface area contributed by atoms with E-state index < -0.39 is 0 Å². The minimum Gasteiger partial charge on any atom is -0.504 e. The van der Waals surface area contributed by atoms with Crippen LogP contribution in [0.4, 0.5) is 10.5 Å². The van der Waals surface area contributed by atoms with Crippen LogP contribution in [-0.4, -0.2) is 41.1 Å². The molecule has 7 nitrogen and oxygen atoms in total. The molecule has 1 aliphatic rings. The Kier molecular flexibility index (Phi) is 6.82. The molecule has 0 atom stereocenters. The van der Waals surface area contributed by atoms with Gasteiger partial charge < -0.3 is 25.4 Å². The van der Waals surface area contributed by atoms with E-state index in [0.717, 1.165) is 24.0 Å². The first kappa shape index (κ1) is 21.5. The molecular weight excluding hydrogens is 382 g/mol. The van der Waals surface area contributed by atoms with Gasteiger partial charge in [-0.15, -0.1) is 0 Å². The van der Waals surface area contributed by atoms with Gasteiger partial charge in [0.1, 0.15) is 0 Å². The Bertz CT molecular complexity index is 892. The Morgan fingerprint density at radius 3 is 2.40 bits per heavy atom. The van der Waals surface area contributed by atoms with Crippen molar-refractivity contribution in [2.75, 3.05) is 12.4 Å². The van der Waals surface area contributed by atoms with Gasteiger partial charge in [-0.25, -0.2) is 4.79 Å². The summed E-state index contributed by atoms with van der Waals surface area (Å²) in [7, 11) is 1.50. The standard InChI is InChI=1S/C23H29N3O4/c1-15(2)24-22(28)13-16-4-7-18(8-5-16)25-23(29)26(19-9-10-19)14-17-6-11-20(27)21(12-17)30-3/h4-8,11-12,15,19,27H,9-10,13-14H2,1-3H3,(H,24,28)(H,25,29). The van der Waals surface area contributed by atoms with E-state index in [0.29, 0.717) is 24.4 Å². The third kappa shape index (κ3) is 5.89. The highest BCUT2D eigenvalue weighted by Gasteiger charge is 2.32. The van der Waals surface area contributed by atoms with Gasteiger partial charge in [-0.3, -0.25) is 4.79 Å². The molecule has 0 aliphatic heterocycles. The lowest BCUT2D eigenvalue weighted by Crippen LogP contribution is -2.36. The number of hydrogen-bond acceptors (Lipinski definition) is 4. The van der Waals surface area contributed by atoms with Gasteiger partial charge in [-0.05, 0) is 62.1 Å². The second kappa shape index (κ2) is 9.52. The molecule has 3 N–H and O–H groups in total. The van der Waals surface area contributed by atoms with Crippen LogP contribution in [0.1, 0.15) is 37.8 Å². The fourth-order valence-electron chi connectivity index (χ4n) is 3.23. The lowest BCUT2D eigenvalue weighted by molar-refractivity contribution is -0.120. The molecule has 2 aromatic rings. The highest BCUT2D eigenvalue weighted by Crippen LogP contribution is 2.31. The third-order valence-corrected chi connectivity index (χ3v) is 4.87. The molecule has 3 rings (SSSR count). The molecule has 3 amide bonds. The average molecular weight is 412 g/mol. The van der Waals surface area contributed by atoms with E-state index in [1.54, 1.807) is 23.1 Å². The Labute approximate surface area is 177 Å². The van der Waals surface area contributed by atoms with Gasteiger partial charge in [0, 0.05) is 24.3 Å². The number of benzene rings is 2. The minimum absolute atomic E-state index is 0.0222. The van der Waals surface area contributed by atoms with Gasteiger partial charge >= 0.3 is 6.03 Å². The number of hydrogen-bond donors (Lipinski definition) is 3. The van der Waals surface area contributed by atoms with Crippen molar-refractivity contribution in [2.45, 2.75) is 51.7 Å². The fraction of sp³-hybridized carbons (Fsp3) is 0.391. The van der Waals surface area contributed by atoms with Crippen LogP contribution in [0.3, 0.4) is 0 Å². The second-order valence-electron chi connectivity index (χ2n) is 7.89. The quantitative estimate of drug-likeness (QED) is 0.618. The number of rotatable bonds is 8.